The summed E-state index contributed by atoms with van der Waals surface area (Å²) in [5, 5.41) is 12.9. The lowest BCUT2D eigenvalue weighted by Gasteiger charge is -2.00. The summed E-state index contributed by atoms with van der Waals surface area (Å²) in [6.45, 7) is 0. The number of fused-ring (bicyclic) bond motifs is 2. The van der Waals surface area contributed by atoms with Gasteiger partial charge in [-0.15, -0.1) is 0 Å². The normalized spacial score (nSPS) is 11.4. The zero-order valence-electron chi connectivity index (χ0n) is 15.1. The first-order valence-electron chi connectivity index (χ1n) is 9.13. The van der Waals surface area contributed by atoms with E-state index in [4.69, 9.17) is 4.98 Å². The fraction of sp³-hybridized carbons (Fsp3) is 0. The second-order valence-electron chi connectivity index (χ2n) is 6.72. The van der Waals surface area contributed by atoms with E-state index in [1.165, 1.54) is 0 Å². The van der Waals surface area contributed by atoms with Crippen LogP contribution in [0.1, 0.15) is 0 Å². The van der Waals surface area contributed by atoms with Gasteiger partial charge in [0, 0.05) is 46.0 Å². The third-order valence-corrected chi connectivity index (χ3v) is 5.65. The number of thiophene rings is 1. The van der Waals surface area contributed by atoms with Gasteiger partial charge in [-0.25, -0.2) is 4.98 Å². The monoisotopic (exact) mass is 394 g/mol. The molecule has 0 unspecified atom stereocenters. The summed E-state index contributed by atoms with van der Waals surface area (Å²) in [6, 6.07) is 14.1. The van der Waals surface area contributed by atoms with E-state index in [0.717, 1.165) is 55.8 Å². The van der Waals surface area contributed by atoms with Crippen LogP contribution in [0, 0.1) is 0 Å². The molecule has 0 amide bonds. The minimum Gasteiger partial charge on any atom is -0.353 e. The van der Waals surface area contributed by atoms with Gasteiger partial charge in [0.25, 0.3) is 0 Å². The Morgan fingerprint density at radius 2 is 1.90 bits per heavy atom. The molecular formula is C22H14N6S. The Kier molecular flexibility index (Phi) is 3.54. The first kappa shape index (κ1) is 16.1. The Labute approximate surface area is 169 Å². The molecule has 29 heavy (non-hydrogen) atoms. The van der Waals surface area contributed by atoms with Gasteiger partial charge in [0.05, 0.1) is 22.6 Å². The minimum absolute atomic E-state index is 0.790. The number of H-pyrrole nitrogens is 2. The van der Waals surface area contributed by atoms with Crippen LogP contribution in [0.4, 0.5) is 0 Å². The lowest BCUT2D eigenvalue weighted by molar-refractivity contribution is 1.12. The van der Waals surface area contributed by atoms with Gasteiger partial charge in [-0.3, -0.25) is 15.1 Å². The number of hydrogen-bond acceptors (Lipinski definition) is 5. The molecule has 0 saturated carbocycles. The SMILES string of the molecule is c1cncc(-c2ccc3[nH]nc(-c4cc5c(-c6ccsc6)nccc5[nH]4)c3n2)c1. The van der Waals surface area contributed by atoms with Crippen LogP contribution in [-0.4, -0.2) is 30.1 Å². The summed E-state index contributed by atoms with van der Waals surface area (Å²) in [5.41, 5.74) is 8.36. The van der Waals surface area contributed by atoms with E-state index in [0.29, 0.717) is 0 Å². The van der Waals surface area contributed by atoms with Crippen molar-refractivity contribution in [3.8, 4) is 33.9 Å². The van der Waals surface area contributed by atoms with Crippen molar-refractivity contribution in [1.29, 1.82) is 0 Å². The van der Waals surface area contributed by atoms with Crippen molar-refractivity contribution in [2.45, 2.75) is 0 Å². The quantitative estimate of drug-likeness (QED) is 0.427. The van der Waals surface area contributed by atoms with Crippen LogP contribution in [-0.2, 0) is 0 Å². The first-order valence-corrected chi connectivity index (χ1v) is 10.1. The highest BCUT2D eigenvalue weighted by atomic mass is 32.1. The number of pyridine rings is 3. The van der Waals surface area contributed by atoms with E-state index < -0.39 is 0 Å². The number of aromatic nitrogens is 6. The Morgan fingerprint density at radius 3 is 2.76 bits per heavy atom. The third kappa shape index (κ3) is 2.63. The van der Waals surface area contributed by atoms with Crippen LogP contribution < -0.4 is 0 Å². The molecular weight excluding hydrogens is 380 g/mol. The van der Waals surface area contributed by atoms with Gasteiger partial charge in [0.2, 0.25) is 0 Å². The Bertz CT molecular complexity index is 1450. The Balaban J connectivity index is 1.53. The van der Waals surface area contributed by atoms with Gasteiger partial charge in [-0.2, -0.15) is 16.4 Å². The zero-order valence-corrected chi connectivity index (χ0v) is 15.9. The second kappa shape index (κ2) is 6.35. The molecule has 0 radical (unpaired) electrons. The molecule has 0 aliphatic carbocycles. The first-order chi connectivity index (χ1) is 14.4. The summed E-state index contributed by atoms with van der Waals surface area (Å²) < 4.78 is 0. The molecule has 0 saturated heterocycles. The topological polar surface area (TPSA) is 83.1 Å². The van der Waals surface area contributed by atoms with Crippen LogP contribution in [0.3, 0.4) is 0 Å². The van der Waals surface area contributed by atoms with Crippen molar-refractivity contribution in [2.24, 2.45) is 0 Å². The molecule has 0 spiro atoms. The summed E-state index contributed by atoms with van der Waals surface area (Å²) >= 11 is 1.67. The van der Waals surface area contributed by atoms with E-state index in [1.807, 2.05) is 42.7 Å². The molecule has 0 aliphatic rings. The molecule has 7 heteroatoms. The van der Waals surface area contributed by atoms with E-state index in [-0.39, 0.29) is 0 Å². The Hall–Kier alpha value is -3.84. The lowest BCUT2D eigenvalue weighted by atomic mass is 10.1. The predicted octanol–water partition coefficient (Wildman–Crippen LogP) is 5.29. The molecule has 6 aromatic rings. The number of nitrogens with one attached hydrogen (secondary N) is 2. The van der Waals surface area contributed by atoms with E-state index in [9.17, 15) is 0 Å². The predicted molar refractivity (Wildman–Crippen MR) is 116 cm³/mol. The highest BCUT2D eigenvalue weighted by molar-refractivity contribution is 7.08. The number of nitrogens with zero attached hydrogens (tertiary/aromatic N) is 4. The van der Waals surface area contributed by atoms with Crippen molar-refractivity contribution >= 4 is 33.3 Å². The molecule has 6 aromatic heterocycles. The molecule has 6 rings (SSSR count). The molecule has 0 fully saturated rings. The molecule has 0 bridgehead atoms. The average molecular weight is 394 g/mol. The van der Waals surface area contributed by atoms with Crippen molar-refractivity contribution in [3.63, 3.8) is 0 Å². The minimum atomic E-state index is 0.790. The smallest absolute Gasteiger partial charge is 0.135 e. The van der Waals surface area contributed by atoms with Gasteiger partial charge in [-0.1, -0.05) is 0 Å². The maximum Gasteiger partial charge on any atom is 0.135 e. The van der Waals surface area contributed by atoms with Crippen molar-refractivity contribution < 1.29 is 0 Å². The van der Waals surface area contributed by atoms with E-state index >= 15 is 0 Å². The fourth-order valence-electron chi connectivity index (χ4n) is 3.57. The second-order valence-corrected chi connectivity index (χ2v) is 7.50. The molecule has 0 atom stereocenters. The van der Waals surface area contributed by atoms with Gasteiger partial charge >= 0.3 is 0 Å². The number of rotatable bonds is 3. The van der Waals surface area contributed by atoms with Gasteiger partial charge in [0.15, 0.2) is 0 Å². The van der Waals surface area contributed by atoms with Gasteiger partial charge in [-0.05, 0) is 47.8 Å². The molecule has 0 aromatic carbocycles. The van der Waals surface area contributed by atoms with Crippen LogP contribution in [0.5, 0.6) is 0 Å². The van der Waals surface area contributed by atoms with E-state index in [2.05, 4.69) is 48.0 Å². The van der Waals surface area contributed by atoms with Gasteiger partial charge in [0.1, 0.15) is 11.2 Å². The number of hydrogen-bond donors (Lipinski definition) is 2. The van der Waals surface area contributed by atoms with Gasteiger partial charge < -0.3 is 4.98 Å². The zero-order chi connectivity index (χ0) is 19.2. The molecule has 6 heterocycles. The van der Waals surface area contributed by atoms with Crippen molar-refractivity contribution in [1.82, 2.24) is 30.1 Å². The maximum atomic E-state index is 4.86. The van der Waals surface area contributed by atoms with Crippen molar-refractivity contribution in [3.05, 3.63) is 71.8 Å². The largest absolute Gasteiger partial charge is 0.353 e. The standard InChI is InChI=1S/C22H14N6S/c1-2-13(11-23-7-1)16-3-4-18-21(26-16)22(28-27-18)19-10-15-17(25-19)5-8-24-20(15)14-6-9-29-12-14/h1-12,25H,(H,27,28). The molecule has 6 nitrogen and oxygen atoms in total. The lowest BCUT2D eigenvalue weighted by Crippen LogP contribution is -1.86. The Morgan fingerprint density at radius 1 is 0.897 bits per heavy atom. The maximum absolute atomic E-state index is 4.86. The highest BCUT2D eigenvalue weighted by Gasteiger charge is 2.16. The van der Waals surface area contributed by atoms with Crippen molar-refractivity contribution in [2.75, 3.05) is 0 Å². The molecule has 2 N–H and O–H groups in total. The summed E-state index contributed by atoms with van der Waals surface area (Å²) in [6.07, 6.45) is 5.40. The van der Waals surface area contributed by atoms with E-state index in [1.54, 1.807) is 17.5 Å². The van der Waals surface area contributed by atoms with Crippen LogP contribution in [0.2, 0.25) is 0 Å². The van der Waals surface area contributed by atoms with Crippen LogP contribution in [0.15, 0.2) is 71.8 Å². The highest BCUT2D eigenvalue weighted by Crippen LogP contribution is 2.33. The number of aromatic amines is 2. The molecule has 138 valence electrons. The summed E-state index contributed by atoms with van der Waals surface area (Å²) in [7, 11) is 0. The van der Waals surface area contributed by atoms with Crippen LogP contribution >= 0.6 is 11.3 Å². The summed E-state index contributed by atoms with van der Waals surface area (Å²) in [5.74, 6) is 0. The average Bonchev–Trinajstić information content (AvgIpc) is 3.52. The summed E-state index contributed by atoms with van der Waals surface area (Å²) in [4.78, 5) is 17.1. The fourth-order valence-corrected chi connectivity index (χ4v) is 4.21. The third-order valence-electron chi connectivity index (χ3n) is 4.96. The van der Waals surface area contributed by atoms with Crippen LogP contribution in [0.25, 0.3) is 55.8 Å². The molecule has 0 aliphatic heterocycles.